The summed E-state index contributed by atoms with van der Waals surface area (Å²) in [5.41, 5.74) is -1.25. The number of nitrogens with one attached hydrogen (secondary N) is 1. The van der Waals surface area contributed by atoms with Crippen LogP contribution < -0.4 is 5.32 Å². The van der Waals surface area contributed by atoms with Gasteiger partial charge in [-0.1, -0.05) is 44.2 Å². The van der Waals surface area contributed by atoms with Crippen LogP contribution >= 0.6 is 11.8 Å². The molecule has 1 aliphatic rings. The van der Waals surface area contributed by atoms with Gasteiger partial charge in [-0.2, -0.15) is 0 Å². The zero-order chi connectivity index (χ0) is 27.0. The number of Topliss-reactive ketones (excluding diaryl/α,β-unsaturated/α-hetero) is 1. The van der Waals surface area contributed by atoms with Crippen molar-refractivity contribution in [3.05, 3.63) is 41.5 Å². The molecule has 1 heterocycles. The van der Waals surface area contributed by atoms with Crippen LogP contribution in [0.1, 0.15) is 73.4 Å². The largest absolute Gasteiger partial charge is 0.408 e. The monoisotopic (exact) mass is 533 g/mol. The number of amides is 2. The van der Waals surface area contributed by atoms with Gasteiger partial charge in [-0.05, 0) is 64.3 Å². The second-order valence-corrected chi connectivity index (χ2v) is 11.1. The summed E-state index contributed by atoms with van der Waals surface area (Å²) in [6.07, 6.45) is 4.27. The Kier molecular flexibility index (Phi) is 10.2. The van der Waals surface area contributed by atoms with E-state index in [0.717, 1.165) is 25.8 Å². The highest BCUT2D eigenvalue weighted by atomic mass is 32.2. The maximum atomic E-state index is 14.4. The van der Waals surface area contributed by atoms with Gasteiger partial charge in [0.05, 0.1) is 5.56 Å². The highest BCUT2D eigenvalue weighted by Gasteiger charge is 2.45. The molecule has 11 heteroatoms. The molecule has 1 atom stereocenters. The molecule has 202 valence electrons. The zero-order valence-corrected chi connectivity index (χ0v) is 22.7. The van der Waals surface area contributed by atoms with Crippen molar-refractivity contribution in [1.29, 1.82) is 0 Å². The number of carbonyl (C=O) groups is 3. The number of nitrogens with zero attached hydrogens (tertiary/aromatic N) is 4. The molecule has 0 saturated heterocycles. The number of carbonyl (C=O) groups excluding carboxylic acids is 3. The SMILES string of the molecule is CC(C)CC(C(=O)c1nnc(SCCN(C)C)o1)N(C=O)C1(NC(=O)c2ccccc2F)CCCCC1. The third-order valence-corrected chi connectivity index (χ3v) is 7.27. The molecule has 1 aliphatic carbocycles. The molecule has 2 aromatic rings. The van der Waals surface area contributed by atoms with Gasteiger partial charge in [0, 0.05) is 12.3 Å². The minimum absolute atomic E-state index is 0.0520. The lowest BCUT2D eigenvalue weighted by atomic mass is 9.84. The highest BCUT2D eigenvalue weighted by Crippen LogP contribution is 2.35. The number of hydrogen-bond donors (Lipinski definition) is 1. The first kappa shape index (κ1) is 28.8. The lowest BCUT2D eigenvalue weighted by molar-refractivity contribution is -0.129. The van der Waals surface area contributed by atoms with Gasteiger partial charge >= 0.3 is 0 Å². The number of hydrogen-bond acceptors (Lipinski definition) is 8. The Morgan fingerprint density at radius 3 is 2.51 bits per heavy atom. The van der Waals surface area contributed by atoms with Crippen LogP contribution in [0.15, 0.2) is 33.9 Å². The van der Waals surface area contributed by atoms with Gasteiger partial charge in [-0.3, -0.25) is 14.4 Å². The molecular weight excluding hydrogens is 497 g/mol. The molecule has 1 N–H and O–H groups in total. The van der Waals surface area contributed by atoms with Crippen molar-refractivity contribution < 1.29 is 23.2 Å². The third-order valence-electron chi connectivity index (χ3n) is 6.47. The molecule has 1 fully saturated rings. The van der Waals surface area contributed by atoms with E-state index in [1.165, 1.54) is 34.9 Å². The topological polar surface area (TPSA) is 109 Å². The minimum Gasteiger partial charge on any atom is -0.408 e. The predicted octanol–water partition coefficient (Wildman–Crippen LogP) is 4.01. The van der Waals surface area contributed by atoms with E-state index in [1.807, 2.05) is 32.8 Å². The lowest BCUT2D eigenvalue weighted by Crippen LogP contribution is -2.65. The first-order valence-electron chi connectivity index (χ1n) is 12.6. The van der Waals surface area contributed by atoms with Crippen molar-refractivity contribution in [2.45, 2.75) is 69.3 Å². The summed E-state index contributed by atoms with van der Waals surface area (Å²) < 4.78 is 20.1. The van der Waals surface area contributed by atoms with Crippen LogP contribution in [0, 0.1) is 11.7 Å². The smallest absolute Gasteiger partial charge is 0.286 e. The molecule has 0 aliphatic heterocycles. The van der Waals surface area contributed by atoms with Gasteiger partial charge in [-0.15, -0.1) is 10.2 Å². The van der Waals surface area contributed by atoms with Crippen molar-refractivity contribution in [1.82, 2.24) is 25.3 Å². The van der Waals surface area contributed by atoms with E-state index < -0.39 is 29.2 Å². The van der Waals surface area contributed by atoms with E-state index in [0.29, 0.717) is 31.4 Å². The Bertz CT molecular complexity index is 1070. The fourth-order valence-corrected chi connectivity index (χ4v) is 5.47. The quantitative estimate of drug-likeness (QED) is 0.178. The summed E-state index contributed by atoms with van der Waals surface area (Å²) in [6, 6.07) is 4.77. The van der Waals surface area contributed by atoms with E-state index in [2.05, 4.69) is 15.5 Å². The molecule has 1 unspecified atom stereocenters. The van der Waals surface area contributed by atoms with Crippen molar-refractivity contribution in [2.24, 2.45) is 5.92 Å². The first-order valence-corrected chi connectivity index (χ1v) is 13.6. The van der Waals surface area contributed by atoms with E-state index in [9.17, 15) is 18.8 Å². The molecule has 1 aromatic heterocycles. The van der Waals surface area contributed by atoms with Crippen LogP contribution in [0.2, 0.25) is 0 Å². The Morgan fingerprint density at radius 2 is 1.89 bits per heavy atom. The molecule has 3 rings (SSSR count). The maximum Gasteiger partial charge on any atom is 0.286 e. The van der Waals surface area contributed by atoms with Gasteiger partial charge in [0.1, 0.15) is 17.5 Å². The van der Waals surface area contributed by atoms with Gasteiger partial charge in [0.15, 0.2) is 0 Å². The van der Waals surface area contributed by atoms with Crippen LogP contribution in [0.25, 0.3) is 0 Å². The third kappa shape index (κ3) is 7.38. The normalized spacial score (nSPS) is 16.0. The van der Waals surface area contributed by atoms with Crippen molar-refractivity contribution in [3.63, 3.8) is 0 Å². The molecule has 0 radical (unpaired) electrons. The maximum absolute atomic E-state index is 14.4. The van der Waals surface area contributed by atoms with Gasteiger partial charge in [-0.25, -0.2) is 4.39 Å². The van der Waals surface area contributed by atoms with Crippen molar-refractivity contribution >= 4 is 29.9 Å². The number of thioether (sulfide) groups is 1. The number of ketones is 1. The van der Waals surface area contributed by atoms with Crippen LogP contribution in [-0.2, 0) is 4.79 Å². The average molecular weight is 534 g/mol. The van der Waals surface area contributed by atoms with Crippen molar-refractivity contribution in [3.8, 4) is 0 Å². The molecule has 2 amide bonds. The Balaban J connectivity index is 1.91. The number of halogens is 1. The van der Waals surface area contributed by atoms with Crippen LogP contribution in [0.3, 0.4) is 0 Å². The minimum atomic E-state index is -1.14. The van der Waals surface area contributed by atoms with E-state index in [4.69, 9.17) is 4.42 Å². The predicted molar refractivity (Wildman–Crippen MR) is 139 cm³/mol. The molecule has 9 nitrogen and oxygen atoms in total. The molecule has 0 bridgehead atoms. The van der Waals surface area contributed by atoms with Crippen molar-refractivity contribution in [2.75, 3.05) is 26.4 Å². The second-order valence-electron chi connectivity index (χ2n) is 10.1. The second kappa shape index (κ2) is 13.1. The highest BCUT2D eigenvalue weighted by molar-refractivity contribution is 7.99. The Labute approximate surface area is 221 Å². The van der Waals surface area contributed by atoms with E-state index in [-0.39, 0.29) is 22.6 Å². The number of rotatable bonds is 13. The molecule has 0 spiro atoms. The molecule has 1 aromatic carbocycles. The summed E-state index contributed by atoms with van der Waals surface area (Å²) >= 11 is 1.35. The van der Waals surface area contributed by atoms with Crippen LogP contribution in [0.4, 0.5) is 4.39 Å². The summed E-state index contributed by atoms with van der Waals surface area (Å²) in [5, 5.41) is 11.2. The molecular formula is C26H36FN5O4S. The van der Waals surface area contributed by atoms with Gasteiger partial charge < -0.3 is 19.5 Å². The summed E-state index contributed by atoms with van der Waals surface area (Å²) in [4.78, 5) is 42.9. The summed E-state index contributed by atoms with van der Waals surface area (Å²) in [6.45, 7) is 4.70. The fraction of sp³-hybridized carbons (Fsp3) is 0.577. The number of aromatic nitrogens is 2. The first-order chi connectivity index (χ1) is 17.7. The standard InChI is InChI=1S/C26H36FN5O4S/c1-18(2)16-21(22(34)24-29-30-25(36-24)37-15-14-31(3)4)32(17-33)26(12-8-5-9-13-26)28-23(35)19-10-6-7-11-20(19)27/h6-7,10-11,17-18,21H,5,8-9,12-16H2,1-4H3,(H,28,35). The van der Waals surface area contributed by atoms with E-state index >= 15 is 0 Å². The van der Waals surface area contributed by atoms with Gasteiger partial charge in [0.2, 0.25) is 12.2 Å². The summed E-state index contributed by atoms with van der Waals surface area (Å²) in [5.74, 6) is -1.15. The average Bonchev–Trinajstić information content (AvgIpc) is 3.32. The summed E-state index contributed by atoms with van der Waals surface area (Å²) in [7, 11) is 3.92. The van der Waals surface area contributed by atoms with E-state index in [1.54, 1.807) is 6.07 Å². The number of benzene rings is 1. The van der Waals surface area contributed by atoms with Gasteiger partial charge in [0.25, 0.3) is 17.0 Å². The fourth-order valence-electron chi connectivity index (χ4n) is 4.60. The van der Waals surface area contributed by atoms with Crippen LogP contribution in [-0.4, -0.2) is 76.2 Å². The Hall–Kier alpha value is -2.79. The van der Waals surface area contributed by atoms with Crippen LogP contribution in [0.5, 0.6) is 0 Å². The Morgan fingerprint density at radius 1 is 1.19 bits per heavy atom. The zero-order valence-electron chi connectivity index (χ0n) is 21.9. The molecule has 37 heavy (non-hydrogen) atoms. The lowest BCUT2D eigenvalue weighted by Gasteiger charge is -2.48. The molecule has 1 saturated carbocycles.